The molecule has 0 N–H and O–H groups in total. The van der Waals surface area contributed by atoms with E-state index in [1.165, 1.54) is 43.4 Å². The van der Waals surface area contributed by atoms with E-state index < -0.39 is 27.5 Å². The van der Waals surface area contributed by atoms with E-state index in [4.69, 9.17) is 37.4 Å². The maximum absolute atomic E-state index is 13.7. The molecule has 15 heteroatoms. The molecule has 2 atom stereocenters. The first-order valence-corrected chi connectivity index (χ1v) is 16.1. The summed E-state index contributed by atoms with van der Waals surface area (Å²) >= 11 is 13.8. The van der Waals surface area contributed by atoms with Crippen LogP contribution in [-0.2, 0) is 26.0 Å². The number of hydrogen-bond donors (Lipinski definition) is 0. The summed E-state index contributed by atoms with van der Waals surface area (Å²) in [5, 5.41) is 10.7. The van der Waals surface area contributed by atoms with E-state index in [9.17, 15) is 23.2 Å². The minimum absolute atomic E-state index is 0.0292. The molecule has 230 valence electrons. The lowest BCUT2D eigenvalue weighted by Gasteiger charge is -2.26. The molecule has 1 aromatic heterocycles. The minimum atomic E-state index is -4.19. The van der Waals surface area contributed by atoms with Crippen molar-refractivity contribution in [2.45, 2.75) is 22.8 Å². The standard InChI is InChI=1S/C28H29Cl2N3O8S2/c1-31(2)26(34)18-6-5-7-19(12-18)43(37,38)33-10-11-42-27(33)28(35)41-24(14-20-21(29)15-32(36)16-22(20)30)17-8-9-23(39-3)25(13-17)40-4/h5-9,12-13,15-16,24,27H,10-11,14H2,1-4H3. The van der Waals surface area contributed by atoms with Gasteiger partial charge in [-0.15, -0.1) is 11.8 Å². The number of nitrogens with zero attached hydrogens (tertiary/aromatic N) is 3. The summed E-state index contributed by atoms with van der Waals surface area (Å²) in [6, 6.07) is 10.6. The van der Waals surface area contributed by atoms with Crippen LogP contribution in [-0.4, -0.2) is 75.5 Å². The molecule has 43 heavy (non-hydrogen) atoms. The van der Waals surface area contributed by atoms with Crippen molar-refractivity contribution in [2.75, 3.05) is 40.6 Å². The van der Waals surface area contributed by atoms with E-state index in [0.29, 0.717) is 33.1 Å². The molecule has 11 nitrogen and oxygen atoms in total. The highest BCUT2D eigenvalue weighted by molar-refractivity contribution is 8.02. The van der Waals surface area contributed by atoms with Gasteiger partial charge in [0.05, 0.1) is 19.1 Å². The summed E-state index contributed by atoms with van der Waals surface area (Å²) in [5.74, 6) is -0.0138. The van der Waals surface area contributed by atoms with Crippen molar-refractivity contribution >= 4 is 56.9 Å². The molecule has 0 radical (unpaired) electrons. The minimum Gasteiger partial charge on any atom is -0.619 e. The average Bonchev–Trinajstić information content (AvgIpc) is 3.49. The fourth-order valence-electron chi connectivity index (χ4n) is 4.46. The lowest BCUT2D eigenvalue weighted by atomic mass is 10.0. The molecule has 0 spiro atoms. The number of methoxy groups -OCH3 is 2. The third-order valence-corrected chi connectivity index (χ3v) is 10.5. The molecule has 0 saturated carbocycles. The molecule has 1 amide bonds. The predicted molar refractivity (Wildman–Crippen MR) is 162 cm³/mol. The Morgan fingerprint density at radius 3 is 2.40 bits per heavy atom. The van der Waals surface area contributed by atoms with Gasteiger partial charge >= 0.3 is 5.97 Å². The Balaban J connectivity index is 1.67. The number of esters is 1. The van der Waals surface area contributed by atoms with Crippen molar-refractivity contribution in [1.29, 1.82) is 0 Å². The Hall–Kier alpha value is -3.23. The monoisotopic (exact) mass is 669 g/mol. The predicted octanol–water partition coefficient (Wildman–Crippen LogP) is 3.94. The number of carbonyl (C=O) groups excluding carboxylic acids is 2. The van der Waals surface area contributed by atoms with E-state index >= 15 is 0 Å². The Bertz CT molecular complexity index is 1610. The van der Waals surface area contributed by atoms with Gasteiger partial charge in [-0.1, -0.05) is 35.3 Å². The SMILES string of the molecule is COc1ccc(C(Cc2c(Cl)c[n+]([O-])cc2Cl)OC(=O)C2SCCN2S(=O)(=O)c2cccc(C(=O)N(C)C)c2)cc1OC. The zero-order valence-corrected chi connectivity index (χ0v) is 26.8. The van der Waals surface area contributed by atoms with Gasteiger partial charge in [0.15, 0.2) is 29.3 Å². The largest absolute Gasteiger partial charge is 0.619 e. The van der Waals surface area contributed by atoms with Crippen LogP contribution in [0, 0.1) is 5.21 Å². The second kappa shape index (κ2) is 13.6. The number of thioether (sulfide) groups is 1. The number of amides is 1. The highest BCUT2D eigenvalue weighted by Gasteiger charge is 2.42. The zero-order chi connectivity index (χ0) is 31.5. The lowest BCUT2D eigenvalue weighted by molar-refractivity contribution is -0.605. The van der Waals surface area contributed by atoms with Crippen LogP contribution in [0.25, 0.3) is 0 Å². The van der Waals surface area contributed by atoms with Crippen LogP contribution in [0.15, 0.2) is 59.8 Å². The number of carbonyl (C=O) groups is 2. The lowest BCUT2D eigenvalue weighted by Crippen LogP contribution is -2.40. The Kier molecular flexibility index (Phi) is 10.3. The van der Waals surface area contributed by atoms with Gasteiger partial charge in [0, 0.05) is 43.9 Å². The maximum Gasteiger partial charge on any atom is 0.335 e. The molecule has 2 unspecified atom stereocenters. The third kappa shape index (κ3) is 7.13. The summed E-state index contributed by atoms with van der Waals surface area (Å²) in [7, 11) is 1.88. The number of pyridine rings is 1. The van der Waals surface area contributed by atoms with Gasteiger partial charge in [0.2, 0.25) is 10.0 Å². The second-order valence-corrected chi connectivity index (χ2v) is 13.5. The highest BCUT2D eigenvalue weighted by atomic mass is 35.5. The van der Waals surface area contributed by atoms with Gasteiger partial charge in [0.25, 0.3) is 5.91 Å². The second-order valence-electron chi connectivity index (χ2n) is 9.60. The molecule has 1 saturated heterocycles. The number of hydrogen-bond acceptors (Lipinski definition) is 9. The molecule has 3 aromatic rings. The fourth-order valence-corrected chi connectivity index (χ4v) is 8.15. The van der Waals surface area contributed by atoms with Gasteiger partial charge in [-0.3, -0.25) is 4.79 Å². The van der Waals surface area contributed by atoms with Crippen molar-refractivity contribution in [1.82, 2.24) is 9.21 Å². The molecule has 4 rings (SSSR count). The number of ether oxygens (including phenoxy) is 3. The molecule has 2 aromatic carbocycles. The average molecular weight is 671 g/mol. The Labute approximate surface area is 263 Å². The Morgan fingerprint density at radius 1 is 1.09 bits per heavy atom. The molecule has 1 fully saturated rings. The quantitative estimate of drug-likeness (QED) is 0.179. The number of benzene rings is 2. The van der Waals surface area contributed by atoms with Crippen LogP contribution < -0.4 is 14.2 Å². The highest BCUT2D eigenvalue weighted by Crippen LogP contribution is 2.37. The summed E-state index contributed by atoms with van der Waals surface area (Å²) in [4.78, 5) is 27.4. The first-order valence-electron chi connectivity index (χ1n) is 12.8. The van der Waals surface area contributed by atoms with E-state index in [0.717, 1.165) is 28.5 Å². The van der Waals surface area contributed by atoms with Crippen LogP contribution >= 0.6 is 35.0 Å². The van der Waals surface area contributed by atoms with Gasteiger partial charge in [-0.25, -0.2) is 13.2 Å². The van der Waals surface area contributed by atoms with Gasteiger partial charge < -0.3 is 24.3 Å². The Morgan fingerprint density at radius 2 is 1.77 bits per heavy atom. The number of sulfonamides is 1. The van der Waals surface area contributed by atoms with Crippen LogP contribution in [0.2, 0.25) is 10.0 Å². The molecule has 1 aliphatic rings. The van der Waals surface area contributed by atoms with Gasteiger partial charge in [-0.2, -0.15) is 9.04 Å². The van der Waals surface area contributed by atoms with Crippen molar-refractivity contribution in [3.05, 3.63) is 86.8 Å². The zero-order valence-electron chi connectivity index (χ0n) is 23.7. The van der Waals surface area contributed by atoms with E-state index in [1.807, 2.05) is 0 Å². The van der Waals surface area contributed by atoms with Crippen LogP contribution in [0.4, 0.5) is 0 Å². The summed E-state index contributed by atoms with van der Waals surface area (Å²) < 4.78 is 45.6. The van der Waals surface area contributed by atoms with Crippen molar-refractivity contribution < 1.29 is 36.9 Å². The summed E-state index contributed by atoms with van der Waals surface area (Å²) in [5.41, 5.74) is 1.04. The molecule has 2 heterocycles. The van der Waals surface area contributed by atoms with Crippen molar-refractivity contribution in [3.8, 4) is 11.5 Å². The van der Waals surface area contributed by atoms with Crippen LogP contribution in [0.1, 0.15) is 27.6 Å². The number of halogens is 2. The summed E-state index contributed by atoms with van der Waals surface area (Å²) in [6.45, 7) is 0.0550. The van der Waals surface area contributed by atoms with Crippen LogP contribution in [0.3, 0.4) is 0 Å². The van der Waals surface area contributed by atoms with Gasteiger partial charge in [0.1, 0.15) is 16.1 Å². The van der Waals surface area contributed by atoms with Crippen molar-refractivity contribution in [2.24, 2.45) is 0 Å². The smallest absolute Gasteiger partial charge is 0.335 e. The van der Waals surface area contributed by atoms with E-state index in [2.05, 4.69) is 0 Å². The van der Waals surface area contributed by atoms with E-state index in [1.54, 1.807) is 32.3 Å². The first-order chi connectivity index (χ1) is 20.4. The normalized spacial score (nSPS) is 16.0. The number of rotatable bonds is 10. The molecular weight excluding hydrogens is 641 g/mol. The molecule has 0 aliphatic carbocycles. The summed E-state index contributed by atoms with van der Waals surface area (Å²) in [6.07, 6.45) is 1.23. The van der Waals surface area contributed by atoms with E-state index in [-0.39, 0.29) is 39.4 Å². The van der Waals surface area contributed by atoms with Crippen LogP contribution in [0.5, 0.6) is 11.5 Å². The topological polar surface area (TPSA) is 129 Å². The fraction of sp³-hybridized carbons (Fsp3) is 0.321. The number of aromatic nitrogens is 1. The first kappa shape index (κ1) is 32.7. The third-order valence-electron chi connectivity index (χ3n) is 6.63. The van der Waals surface area contributed by atoms with Crippen molar-refractivity contribution in [3.63, 3.8) is 0 Å². The molecule has 1 aliphatic heterocycles. The van der Waals surface area contributed by atoms with Gasteiger partial charge in [-0.05, 0) is 35.9 Å². The molecule has 0 bridgehead atoms. The maximum atomic E-state index is 13.7. The molecular formula is C28H29Cl2N3O8S2.